The first-order valence-corrected chi connectivity index (χ1v) is 8.58. The molecule has 23 heavy (non-hydrogen) atoms. The number of benzene rings is 1. The first-order chi connectivity index (χ1) is 11.1. The number of allylic oxidation sites excluding steroid dienone is 4. The predicted octanol–water partition coefficient (Wildman–Crippen LogP) is 2.87. The number of fused-ring (bicyclic) bond motifs is 2. The third-order valence-corrected chi connectivity index (χ3v) is 4.39. The highest BCUT2D eigenvalue weighted by atomic mass is 32.2. The van der Waals surface area contributed by atoms with Crippen LogP contribution in [0.4, 0.5) is 0 Å². The standard InChI is InChI=1S/C9H10N2O2S.C8H6O/c10-14(12,13)9-5-3-7-11-6-2-1-4-8(9)11;1-2-4-8-7(3-1)5-6-9-8/h1-5,7H,6H2,(H2,10,12,13);1-6H. The third-order valence-electron chi connectivity index (χ3n) is 3.44. The Hall–Kier alpha value is -2.57. The summed E-state index contributed by atoms with van der Waals surface area (Å²) >= 11 is 0. The fourth-order valence-electron chi connectivity index (χ4n) is 2.36. The van der Waals surface area contributed by atoms with Crippen LogP contribution >= 0.6 is 0 Å². The average molecular weight is 328 g/mol. The lowest BCUT2D eigenvalue weighted by atomic mass is 10.2. The second kappa shape index (κ2) is 6.28. The molecule has 0 fully saturated rings. The SMILES string of the molecule is NS(=O)(=O)C1=CC=CN2CC=CC=C12.c1ccc2occc2c1. The largest absolute Gasteiger partial charge is 0.464 e. The van der Waals surface area contributed by atoms with Crippen molar-refractivity contribution in [3.8, 4) is 0 Å². The van der Waals surface area contributed by atoms with Crippen molar-refractivity contribution in [2.24, 2.45) is 5.14 Å². The molecule has 0 spiro atoms. The van der Waals surface area contributed by atoms with Crippen LogP contribution < -0.4 is 5.14 Å². The van der Waals surface area contributed by atoms with Gasteiger partial charge in [0.1, 0.15) is 10.5 Å². The topological polar surface area (TPSA) is 76.5 Å². The van der Waals surface area contributed by atoms with E-state index in [9.17, 15) is 8.42 Å². The normalized spacial score (nSPS) is 16.3. The van der Waals surface area contributed by atoms with Crippen molar-refractivity contribution < 1.29 is 12.8 Å². The fourth-order valence-corrected chi connectivity index (χ4v) is 3.10. The van der Waals surface area contributed by atoms with Gasteiger partial charge in [0.2, 0.25) is 10.0 Å². The van der Waals surface area contributed by atoms with Gasteiger partial charge in [-0.15, -0.1) is 0 Å². The van der Waals surface area contributed by atoms with E-state index in [1.54, 1.807) is 18.4 Å². The molecule has 2 N–H and O–H groups in total. The molecule has 0 unspecified atom stereocenters. The molecule has 0 radical (unpaired) electrons. The van der Waals surface area contributed by atoms with Gasteiger partial charge in [0, 0.05) is 18.1 Å². The molecule has 118 valence electrons. The van der Waals surface area contributed by atoms with Crippen LogP contribution in [0.1, 0.15) is 0 Å². The molecule has 1 aromatic carbocycles. The number of hydrogen-bond acceptors (Lipinski definition) is 4. The number of nitrogens with two attached hydrogens (primary N) is 1. The minimum absolute atomic E-state index is 0.171. The lowest BCUT2D eigenvalue weighted by molar-refractivity contribution is 0.517. The maximum Gasteiger partial charge on any atom is 0.240 e. The molecule has 0 saturated heterocycles. The first kappa shape index (κ1) is 15.3. The van der Waals surface area contributed by atoms with Crippen molar-refractivity contribution >= 4 is 21.0 Å². The van der Waals surface area contributed by atoms with E-state index in [-0.39, 0.29) is 4.91 Å². The lowest BCUT2D eigenvalue weighted by Gasteiger charge is -2.27. The summed E-state index contributed by atoms with van der Waals surface area (Å²) in [4.78, 5) is 2.00. The predicted molar refractivity (Wildman–Crippen MR) is 90.5 cm³/mol. The second-order valence-electron chi connectivity index (χ2n) is 5.01. The van der Waals surface area contributed by atoms with Crippen LogP contribution in [0.2, 0.25) is 0 Å². The van der Waals surface area contributed by atoms with Crippen molar-refractivity contribution in [1.29, 1.82) is 0 Å². The van der Waals surface area contributed by atoms with Crippen LogP contribution in [-0.4, -0.2) is 19.9 Å². The van der Waals surface area contributed by atoms with E-state index in [1.807, 2.05) is 53.6 Å². The zero-order chi connectivity index (χ0) is 16.3. The van der Waals surface area contributed by atoms with Crippen LogP contribution in [0.25, 0.3) is 11.0 Å². The number of para-hydroxylation sites is 1. The number of nitrogens with zero attached hydrogens (tertiary/aromatic N) is 1. The summed E-state index contributed by atoms with van der Waals surface area (Å²) < 4.78 is 27.6. The van der Waals surface area contributed by atoms with Crippen LogP contribution in [0.5, 0.6) is 0 Å². The summed E-state index contributed by atoms with van der Waals surface area (Å²) in [5.41, 5.74) is 1.59. The number of hydrogen-bond donors (Lipinski definition) is 1. The summed E-state index contributed by atoms with van der Waals surface area (Å²) in [7, 11) is -3.63. The van der Waals surface area contributed by atoms with Crippen molar-refractivity contribution in [3.05, 3.63) is 83.8 Å². The molecule has 0 amide bonds. The maximum absolute atomic E-state index is 11.2. The van der Waals surface area contributed by atoms with Gasteiger partial charge in [-0.2, -0.15) is 0 Å². The average Bonchev–Trinajstić information content (AvgIpc) is 3.02. The molecule has 3 heterocycles. The molecule has 0 aliphatic carbocycles. The monoisotopic (exact) mass is 328 g/mol. The van der Waals surface area contributed by atoms with Gasteiger partial charge in [0.25, 0.3) is 0 Å². The molecule has 4 rings (SSSR count). The Labute approximate surface area is 134 Å². The Morgan fingerprint density at radius 3 is 2.70 bits per heavy atom. The minimum Gasteiger partial charge on any atom is -0.464 e. The molecular formula is C17H16N2O3S. The Kier molecular flexibility index (Phi) is 4.18. The van der Waals surface area contributed by atoms with Crippen molar-refractivity contribution in [2.45, 2.75) is 0 Å². The van der Waals surface area contributed by atoms with Gasteiger partial charge in [-0.25, -0.2) is 13.6 Å². The number of primary sulfonamides is 1. The third kappa shape index (κ3) is 3.44. The molecule has 2 aliphatic rings. The lowest BCUT2D eigenvalue weighted by Crippen LogP contribution is -2.28. The van der Waals surface area contributed by atoms with Gasteiger partial charge in [-0.3, -0.25) is 0 Å². The summed E-state index contributed by atoms with van der Waals surface area (Å²) in [6, 6.07) is 9.90. The molecule has 6 heteroatoms. The van der Waals surface area contributed by atoms with Crippen molar-refractivity contribution in [2.75, 3.05) is 6.54 Å². The van der Waals surface area contributed by atoms with Crippen LogP contribution in [0, 0.1) is 0 Å². The minimum atomic E-state index is -3.63. The van der Waals surface area contributed by atoms with Gasteiger partial charge in [-0.05, 0) is 30.4 Å². The van der Waals surface area contributed by atoms with Crippen molar-refractivity contribution in [3.63, 3.8) is 0 Å². The van der Waals surface area contributed by atoms with Crippen LogP contribution in [-0.2, 0) is 10.0 Å². The van der Waals surface area contributed by atoms with E-state index in [1.165, 1.54) is 6.08 Å². The van der Waals surface area contributed by atoms with Gasteiger partial charge >= 0.3 is 0 Å². The van der Waals surface area contributed by atoms with E-state index in [0.29, 0.717) is 12.2 Å². The Morgan fingerprint density at radius 2 is 1.91 bits per heavy atom. The van der Waals surface area contributed by atoms with Crippen LogP contribution in [0.3, 0.4) is 0 Å². The number of sulfonamides is 1. The quantitative estimate of drug-likeness (QED) is 0.873. The van der Waals surface area contributed by atoms with E-state index < -0.39 is 10.0 Å². The zero-order valence-corrected chi connectivity index (χ0v) is 13.1. The maximum atomic E-state index is 11.2. The summed E-state index contributed by atoms with van der Waals surface area (Å²) in [5, 5.41) is 6.26. The molecule has 0 bridgehead atoms. The highest BCUT2D eigenvalue weighted by Crippen LogP contribution is 2.25. The number of rotatable bonds is 1. The molecule has 1 aromatic heterocycles. The van der Waals surface area contributed by atoms with Crippen molar-refractivity contribution in [1.82, 2.24) is 4.90 Å². The Balaban J connectivity index is 0.000000149. The van der Waals surface area contributed by atoms with E-state index in [2.05, 4.69) is 0 Å². The summed E-state index contributed by atoms with van der Waals surface area (Å²) in [6.07, 6.45) is 12.2. The highest BCUT2D eigenvalue weighted by Gasteiger charge is 2.23. The zero-order valence-electron chi connectivity index (χ0n) is 12.3. The number of furan rings is 1. The summed E-state index contributed by atoms with van der Waals surface area (Å²) in [5.74, 6) is 0. The smallest absolute Gasteiger partial charge is 0.240 e. The summed E-state index contributed by atoms with van der Waals surface area (Å²) in [6.45, 7) is 0.676. The molecule has 2 aromatic rings. The van der Waals surface area contributed by atoms with E-state index in [4.69, 9.17) is 9.56 Å². The van der Waals surface area contributed by atoms with Crippen LogP contribution in [0.15, 0.2) is 88.2 Å². The molecule has 0 saturated carbocycles. The Morgan fingerprint density at radius 1 is 1.09 bits per heavy atom. The molecule has 5 nitrogen and oxygen atoms in total. The van der Waals surface area contributed by atoms with E-state index in [0.717, 1.165) is 11.0 Å². The molecule has 2 aliphatic heterocycles. The van der Waals surface area contributed by atoms with Gasteiger partial charge in [-0.1, -0.05) is 30.4 Å². The molecular weight excluding hydrogens is 312 g/mol. The van der Waals surface area contributed by atoms with Gasteiger partial charge < -0.3 is 9.32 Å². The van der Waals surface area contributed by atoms with Gasteiger partial charge in [0.05, 0.1) is 12.0 Å². The van der Waals surface area contributed by atoms with Gasteiger partial charge in [0.15, 0.2) is 0 Å². The first-order valence-electron chi connectivity index (χ1n) is 7.03. The Bertz CT molecular complexity index is 903. The highest BCUT2D eigenvalue weighted by molar-refractivity contribution is 7.93. The second-order valence-corrected chi connectivity index (χ2v) is 6.54. The van der Waals surface area contributed by atoms with E-state index >= 15 is 0 Å². The molecule has 0 atom stereocenters. The fraction of sp³-hybridized carbons (Fsp3) is 0.0588.